The molecule has 0 atom stereocenters. The molecule has 0 aliphatic rings. The van der Waals surface area contributed by atoms with Crippen LogP contribution in [0.2, 0.25) is 0 Å². The van der Waals surface area contributed by atoms with E-state index >= 15 is 0 Å². The lowest BCUT2D eigenvalue weighted by Gasteiger charge is -2.07. The summed E-state index contributed by atoms with van der Waals surface area (Å²) in [5, 5.41) is 5.29. The van der Waals surface area contributed by atoms with Gasteiger partial charge in [0.15, 0.2) is 0 Å². The van der Waals surface area contributed by atoms with Gasteiger partial charge >= 0.3 is 0 Å². The molecule has 2 aromatic rings. The van der Waals surface area contributed by atoms with E-state index in [1.54, 1.807) is 23.9 Å². The maximum atomic E-state index is 13.5. The predicted molar refractivity (Wildman–Crippen MR) is 103 cm³/mol. The Kier molecular flexibility index (Phi) is 8.87. The van der Waals surface area contributed by atoms with Crippen molar-refractivity contribution in [3.63, 3.8) is 0 Å². The largest absolute Gasteiger partial charge is 0.356 e. The first-order valence-corrected chi connectivity index (χ1v) is 9.82. The van der Waals surface area contributed by atoms with E-state index in [-0.39, 0.29) is 30.3 Å². The summed E-state index contributed by atoms with van der Waals surface area (Å²) in [6.07, 6.45) is 1.41. The first kappa shape index (κ1) is 21.8. The molecule has 2 amide bonds. The zero-order valence-electron chi connectivity index (χ0n) is 15.1. The van der Waals surface area contributed by atoms with E-state index in [4.69, 9.17) is 0 Å². The lowest BCUT2D eigenvalue weighted by Crippen LogP contribution is -2.28. The highest BCUT2D eigenvalue weighted by molar-refractivity contribution is 7.99. The van der Waals surface area contributed by atoms with E-state index in [1.165, 1.54) is 12.1 Å². The van der Waals surface area contributed by atoms with Gasteiger partial charge in [-0.05, 0) is 55.0 Å². The predicted octanol–water partition coefficient (Wildman–Crippen LogP) is 3.91. The fraction of sp³-hybridized carbons (Fsp3) is 0.300. The summed E-state index contributed by atoms with van der Waals surface area (Å²) in [7, 11) is 0. The molecular formula is C20H21F3N2O2S. The molecule has 0 aliphatic carbocycles. The van der Waals surface area contributed by atoms with E-state index < -0.39 is 17.5 Å². The first-order chi connectivity index (χ1) is 13.5. The van der Waals surface area contributed by atoms with Crippen LogP contribution in [0.1, 0.15) is 29.6 Å². The van der Waals surface area contributed by atoms with Crippen molar-refractivity contribution < 1.29 is 22.8 Å². The van der Waals surface area contributed by atoms with E-state index in [0.29, 0.717) is 19.0 Å². The number of hydrogen-bond acceptors (Lipinski definition) is 3. The number of rotatable bonds is 10. The molecule has 8 heteroatoms. The van der Waals surface area contributed by atoms with E-state index in [2.05, 4.69) is 10.6 Å². The van der Waals surface area contributed by atoms with Crippen LogP contribution < -0.4 is 10.6 Å². The van der Waals surface area contributed by atoms with Crippen molar-refractivity contribution in [1.82, 2.24) is 10.6 Å². The number of halogens is 3. The monoisotopic (exact) mass is 410 g/mol. The summed E-state index contributed by atoms with van der Waals surface area (Å²) in [5.74, 6) is -1.92. The van der Waals surface area contributed by atoms with Crippen molar-refractivity contribution >= 4 is 23.6 Å². The summed E-state index contributed by atoms with van der Waals surface area (Å²) in [6, 6.07) is 8.99. The van der Waals surface area contributed by atoms with Crippen molar-refractivity contribution in [1.29, 1.82) is 0 Å². The lowest BCUT2D eigenvalue weighted by atomic mass is 10.2. The zero-order chi connectivity index (χ0) is 20.4. The molecule has 0 aliphatic heterocycles. The zero-order valence-corrected chi connectivity index (χ0v) is 16.0. The van der Waals surface area contributed by atoms with E-state index in [0.717, 1.165) is 29.2 Å². The molecule has 2 N–H and O–H groups in total. The quantitative estimate of drug-likeness (QED) is 0.461. The van der Waals surface area contributed by atoms with Crippen molar-refractivity contribution in [2.75, 3.05) is 18.8 Å². The smallest absolute Gasteiger partial charge is 0.254 e. The number of hydrogen-bond donors (Lipinski definition) is 2. The molecule has 2 aromatic carbocycles. The second kappa shape index (κ2) is 11.4. The first-order valence-electron chi connectivity index (χ1n) is 8.84. The Labute approximate surface area is 165 Å². The summed E-state index contributed by atoms with van der Waals surface area (Å²) in [4.78, 5) is 24.5. The molecule has 0 unspecified atom stereocenters. The van der Waals surface area contributed by atoms with Crippen LogP contribution in [0.15, 0.2) is 47.4 Å². The van der Waals surface area contributed by atoms with Crippen molar-refractivity contribution in [3.05, 3.63) is 65.5 Å². The third-order valence-electron chi connectivity index (χ3n) is 3.77. The van der Waals surface area contributed by atoms with Gasteiger partial charge in [0.1, 0.15) is 17.5 Å². The molecule has 0 aromatic heterocycles. The molecule has 0 spiro atoms. The van der Waals surface area contributed by atoms with Gasteiger partial charge in [0.25, 0.3) is 5.91 Å². The molecule has 0 fully saturated rings. The normalized spacial score (nSPS) is 10.5. The topological polar surface area (TPSA) is 58.2 Å². The Balaban J connectivity index is 1.53. The lowest BCUT2D eigenvalue weighted by molar-refractivity contribution is -0.121. The molecule has 0 bridgehead atoms. The number of nitrogens with one attached hydrogen (secondary N) is 2. The van der Waals surface area contributed by atoms with Crippen LogP contribution in [-0.2, 0) is 4.79 Å². The molecule has 2 rings (SSSR count). The summed E-state index contributed by atoms with van der Waals surface area (Å²) >= 11 is 1.59. The van der Waals surface area contributed by atoms with Gasteiger partial charge in [0.05, 0.1) is 5.56 Å². The summed E-state index contributed by atoms with van der Waals surface area (Å²) in [6.45, 7) is 0.740. The molecule has 0 saturated carbocycles. The maximum Gasteiger partial charge on any atom is 0.254 e. The molecule has 4 nitrogen and oxygen atoms in total. The van der Waals surface area contributed by atoms with Gasteiger partial charge < -0.3 is 10.6 Å². The number of benzene rings is 2. The number of carbonyl (C=O) groups is 2. The van der Waals surface area contributed by atoms with E-state index in [1.807, 2.05) is 0 Å². The minimum Gasteiger partial charge on any atom is -0.356 e. The Hall–Kier alpha value is -2.48. The summed E-state index contributed by atoms with van der Waals surface area (Å²) in [5.41, 5.74) is -0.232. The fourth-order valence-electron chi connectivity index (χ4n) is 2.33. The van der Waals surface area contributed by atoms with Crippen molar-refractivity contribution in [3.8, 4) is 0 Å². The molecule has 0 saturated heterocycles. The van der Waals surface area contributed by atoms with Crippen LogP contribution >= 0.6 is 11.8 Å². The Morgan fingerprint density at radius 3 is 2.25 bits per heavy atom. The van der Waals surface area contributed by atoms with Gasteiger partial charge in [-0.25, -0.2) is 13.2 Å². The van der Waals surface area contributed by atoms with Crippen LogP contribution in [0, 0.1) is 17.5 Å². The maximum absolute atomic E-state index is 13.5. The van der Waals surface area contributed by atoms with Gasteiger partial charge in [-0.3, -0.25) is 9.59 Å². The Bertz CT molecular complexity index is 801. The minimum absolute atomic E-state index is 0.131. The van der Waals surface area contributed by atoms with Crippen LogP contribution in [-0.4, -0.2) is 30.7 Å². The van der Waals surface area contributed by atoms with Crippen molar-refractivity contribution in [2.24, 2.45) is 0 Å². The molecular weight excluding hydrogens is 389 g/mol. The molecule has 0 heterocycles. The number of thioether (sulfide) groups is 1. The second-order valence-corrected chi connectivity index (χ2v) is 7.16. The SMILES string of the molecule is O=C(CCCNC(=O)c1ccc(F)cc1F)NCCCSc1ccc(F)cc1. The van der Waals surface area contributed by atoms with Gasteiger partial charge in [-0.1, -0.05) is 0 Å². The standard InChI is InChI=1S/C20H21F3N2O2S/c21-14-4-7-16(8-5-14)28-12-2-11-24-19(26)3-1-10-25-20(27)17-9-6-15(22)13-18(17)23/h4-9,13H,1-3,10-12H2,(H,24,26)(H,25,27). The third kappa shape index (κ3) is 7.64. The van der Waals surface area contributed by atoms with Gasteiger partial charge in [-0.2, -0.15) is 0 Å². The highest BCUT2D eigenvalue weighted by atomic mass is 32.2. The van der Waals surface area contributed by atoms with Crippen LogP contribution in [0.25, 0.3) is 0 Å². The molecule has 28 heavy (non-hydrogen) atoms. The van der Waals surface area contributed by atoms with Gasteiger partial charge in [0.2, 0.25) is 5.91 Å². The summed E-state index contributed by atoms with van der Waals surface area (Å²) < 4.78 is 39.1. The Morgan fingerprint density at radius 2 is 1.54 bits per heavy atom. The second-order valence-electron chi connectivity index (χ2n) is 5.99. The van der Waals surface area contributed by atoms with Crippen LogP contribution in [0.4, 0.5) is 13.2 Å². The highest BCUT2D eigenvalue weighted by Crippen LogP contribution is 2.18. The Morgan fingerprint density at radius 1 is 0.857 bits per heavy atom. The van der Waals surface area contributed by atoms with Crippen LogP contribution in [0.5, 0.6) is 0 Å². The van der Waals surface area contributed by atoms with E-state index in [9.17, 15) is 22.8 Å². The number of carbonyl (C=O) groups excluding carboxylic acids is 2. The fourth-order valence-corrected chi connectivity index (χ4v) is 3.18. The average molecular weight is 410 g/mol. The van der Waals surface area contributed by atoms with Crippen molar-refractivity contribution in [2.45, 2.75) is 24.2 Å². The van der Waals surface area contributed by atoms with Gasteiger partial charge in [-0.15, -0.1) is 11.8 Å². The highest BCUT2D eigenvalue weighted by Gasteiger charge is 2.12. The number of amides is 2. The molecule has 0 radical (unpaired) electrons. The minimum atomic E-state index is -0.922. The van der Waals surface area contributed by atoms with Crippen LogP contribution in [0.3, 0.4) is 0 Å². The third-order valence-corrected chi connectivity index (χ3v) is 4.87. The average Bonchev–Trinajstić information content (AvgIpc) is 2.66. The molecule has 150 valence electrons. The van der Waals surface area contributed by atoms with Gasteiger partial charge in [0, 0.05) is 30.5 Å².